The van der Waals surface area contributed by atoms with Crippen molar-refractivity contribution < 1.29 is 0 Å². The summed E-state index contributed by atoms with van der Waals surface area (Å²) in [5, 5.41) is 0.570. The molecule has 1 aromatic carbocycles. The summed E-state index contributed by atoms with van der Waals surface area (Å²) >= 11 is 16.1. The normalized spacial score (nSPS) is 17.8. The van der Waals surface area contributed by atoms with Gasteiger partial charge in [-0.2, -0.15) is 0 Å². The van der Waals surface area contributed by atoms with Gasteiger partial charge >= 0.3 is 0 Å². The Labute approximate surface area is 124 Å². The first kappa shape index (κ1) is 12.5. The van der Waals surface area contributed by atoms with Crippen LogP contribution in [0.25, 0.3) is 0 Å². The molecule has 0 radical (unpaired) electrons. The molecule has 0 saturated carbocycles. The standard InChI is InChI=1S/C14H10BrCl2N/c15-10-5-9-2-1-8-6-11(16)3-4-12(8)13(17)14(9)18-7-10/h3-7,13H,1-2H2/t13-/m1/s1. The molecule has 1 aromatic heterocycles. The van der Waals surface area contributed by atoms with Crippen molar-refractivity contribution in [1.82, 2.24) is 4.98 Å². The van der Waals surface area contributed by atoms with E-state index in [2.05, 4.69) is 27.0 Å². The number of nitrogens with zero attached hydrogens (tertiary/aromatic N) is 1. The summed E-state index contributed by atoms with van der Waals surface area (Å²) in [5.74, 6) is 0. The molecule has 0 unspecified atom stereocenters. The number of aryl methyl sites for hydroxylation is 2. The van der Waals surface area contributed by atoms with Crippen molar-refractivity contribution in [2.24, 2.45) is 0 Å². The van der Waals surface area contributed by atoms with Crippen LogP contribution in [0.2, 0.25) is 5.02 Å². The highest BCUT2D eigenvalue weighted by Gasteiger charge is 2.23. The van der Waals surface area contributed by atoms with Crippen molar-refractivity contribution in [2.75, 3.05) is 0 Å². The lowest BCUT2D eigenvalue weighted by atomic mass is 10.0. The first-order chi connectivity index (χ1) is 8.65. The third kappa shape index (κ3) is 2.18. The lowest BCUT2D eigenvalue weighted by molar-refractivity contribution is 0.947. The van der Waals surface area contributed by atoms with Crippen molar-refractivity contribution >= 4 is 39.1 Å². The molecule has 92 valence electrons. The second kappa shape index (κ2) is 4.84. The molecule has 1 nitrogen and oxygen atoms in total. The Morgan fingerprint density at radius 1 is 1.17 bits per heavy atom. The highest BCUT2D eigenvalue weighted by atomic mass is 79.9. The van der Waals surface area contributed by atoms with Gasteiger partial charge in [-0.15, -0.1) is 11.6 Å². The van der Waals surface area contributed by atoms with Gasteiger partial charge in [-0.3, -0.25) is 4.98 Å². The molecule has 0 bridgehead atoms. The molecule has 0 saturated heterocycles. The van der Waals surface area contributed by atoms with E-state index in [1.54, 1.807) is 6.20 Å². The van der Waals surface area contributed by atoms with Gasteiger partial charge in [0, 0.05) is 15.7 Å². The third-order valence-electron chi connectivity index (χ3n) is 3.25. The predicted molar refractivity (Wildman–Crippen MR) is 78.5 cm³/mol. The minimum atomic E-state index is -0.192. The number of fused-ring (bicyclic) bond motifs is 2. The Morgan fingerprint density at radius 2 is 1.94 bits per heavy atom. The first-order valence-electron chi connectivity index (χ1n) is 5.72. The summed E-state index contributed by atoms with van der Waals surface area (Å²) in [7, 11) is 0. The average molecular weight is 343 g/mol. The number of aromatic nitrogens is 1. The molecule has 0 spiro atoms. The van der Waals surface area contributed by atoms with Gasteiger partial charge in [-0.1, -0.05) is 17.7 Å². The van der Waals surface area contributed by atoms with Gasteiger partial charge in [-0.05, 0) is 63.7 Å². The number of halogens is 3. The first-order valence-corrected chi connectivity index (χ1v) is 7.32. The monoisotopic (exact) mass is 341 g/mol. The van der Waals surface area contributed by atoms with Crippen LogP contribution in [0.1, 0.15) is 27.8 Å². The zero-order valence-corrected chi connectivity index (χ0v) is 12.6. The summed E-state index contributed by atoms with van der Waals surface area (Å²) in [6.07, 6.45) is 3.69. The molecular weight excluding hydrogens is 333 g/mol. The quantitative estimate of drug-likeness (QED) is 0.619. The van der Waals surface area contributed by atoms with Gasteiger partial charge in [0.25, 0.3) is 0 Å². The summed E-state index contributed by atoms with van der Waals surface area (Å²) in [6, 6.07) is 8.01. The Hall–Kier alpha value is -0.570. The maximum Gasteiger partial charge on any atom is 0.101 e. The smallest absolute Gasteiger partial charge is 0.101 e. The number of hydrogen-bond donors (Lipinski definition) is 0. The van der Waals surface area contributed by atoms with Crippen LogP contribution in [0.3, 0.4) is 0 Å². The minimum absolute atomic E-state index is 0.192. The average Bonchev–Trinajstić information content (AvgIpc) is 2.47. The second-order valence-corrected chi connectivity index (χ2v) is 6.19. The zero-order valence-electron chi connectivity index (χ0n) is 9.46. The van der Waals surface area contributed by atoms with E-state index >= 15 is 0 Å². The van der Waals surface area contributed by atoms with Gasteiger partial charge in [0.15, 0.2) is 0 Å². The van der Waals surface area contributed by atoms with Crippen LogP contribution in [0.4, 0.5) is 0 Å². The Kier molecular flexibility index (Phi) is 3.35. The van der Waals surface area contributed by atoms with E-state index in [9.17, 15) is 0 Å². The molecule has 1 aliphatic rings. The second-order valence-electron chi connectivity index (χ2n) is 4.40. The number of rotatable bonds is 0. The van der Waals surface area contributed by atoms with Crippen LogP contribution in [-0.4, -0.2) is 4.98 Å². The maximum absolute atomic E-state index is 6.57. The Morgan fingerprint density at radius 3 is 2.78 bits per heavy atom. The molecule has 2 aromatic rings. The summed E-state index contributed by atoms with van der Waals surface area (Å²) < 4.78 is 0.995. The van der Waals surface area contributed by atoms with E-state index in [0.29, 0.717) is 0 Å². The molecule has 1 atom stereocenters. The fraction of sp³-hybridized carbons (Fsp3) is 0.214. The number of pyridine rings is 1. The zero-order chi connectivity index (χ0) is 12.7. The van der Waals surface area contributed by atoms with Crippen LogP contribution in [-0.2, 0) is 12.8 Å². The van der Waals surface area contributed by atoms with Crippen LogP contribution in [0.15, 0.2) is 34.9 Å². The van der Waals surface area contributed by atoms with Crippen LogP contribution < -0.4 is 0 Å². The SMILES string of the molecule is Clc1ccc2c(c1)CCc1cc(Br)cnc1[C@@H]2Cl. The van der Waals surface area contributed by atoms with E-state index in [0.717, 1.165) is 33.6 Å². The minimum Gasteiger partial charge on any atom is -0.258 e. The van der Waals surface area contributed by atoms with Gasteiger partial charge in [-0.25, -0.2) is 0 Å². The molecule has 0 fully saturated rings. The molecule has 3 rings (SSSR count). The molecule has 0 aliphatic heterocycles. The van der Waals surface area contributed by atoms with E-state index < -0.39 is 0 Å². The lowest BCUT2D eigenvalue weighted by Crippen LogP contribution is -2.00. The highest BCUT2D eigenvalue weighted by Crippen LogP contribution is 2.37. The van der Waals surface area contributed by atoms with Gasteiger partial charge in [0.2, 0.25) is 0 Å². The largest absolute Gasteiger partial charge is 0.258 e. The fourth-order valence-electron chi connectivity index (χ4n) is 2.37. The molecular formula is C14H10BrCl2N. The molecule has 1 aliphatic carbocycles. The van der Waals surface area contributed by atoms with Crippen molar-refractivity contribution in [3.63, 3.8) is 0 Å². The molecule has 0 N–H and O–H groups in total. The lowest BCUT2D eigenvalue weighted by Gasteiger charge is -2.12. The Balaban J connectivity index is 2.15. The Bertz CT molecular complexity index is 559. The van der Waals surface area contributed by atoms with Crippen molar-refractivity contribution in [1.29, 1.82) is 0 Å². The van der Waals surface area contributed by atoms with Crippen LogP contribution in [0.5, 0.6) is 0 Å². The van der Waals surface area contributed by atoms with Gasteiger partial charge in [0.05, 0.1) is 5.69 Å². The maximum atomic E-state index is 6.57. The fourth-order valence-corrected chi connectivity index (χ4v) is 3.36. The van der Waals surface area contributed by atoms with E-state index in [-0.39, 0.29) is 5.38 Å². The molecule has 0 amide bonds. The highest BCUT2D eigenvalue weighted by molar-refractivity contribution is 9.10. The summed E-state index contributed by atoms with van der Waals surface area (Å²) in [5.41, 5.74) is 4.50. The van der Waals surface area contributed by atoms with E-state index in [1.165, 1.54) is 11.1 Å². The van der Waals surface area contributed by atoms with E-state index in [4.69, 9.17) is 23.2 Å². The van der Waals surface area contributed by atoms with Gasteiger partial charge < -0.3 is 0 Å². The summed E-state index contributed by atoms with van der Waals surface area (Å²) in [6.45, 7) is 0. The number of alkyl halides is 1. The number of benzene rings is 1. The summed E-state index contributed by atoms with van der Waals surface area (Å²) in [4.78, 5) is 4.47. The molecule has 18 heavy (non-hydrogen) atoms. The topological polar surface area (TPSA) is 12.9 Å². The number of hydrogen-bond acceptors (Lipinski definition) is 1. The molecule has 1 heterocycles. The van der Waals surface area contributed by atoms with Gasteiger partial charge in [0.1, 0.15) is 5.38 Å². The van der Waals surface area contributed by atoms with E-state index in [1.807, 2.05) is 18.2 Å². The molecule has 4 heteroatoms. The van der Waals surface area contributed by atoms with Crippen LogP contribution in [0, 0.1) is 0 Å². The predicted octanol–water partition coefficient (Wildman–Crippen LogP) is 4.92. The van der Waals surface area contributed by atoms with Crippen molar-refractivity contribution in [3.8, 4) is 0 Å². The third-order valence-corrected chi connectivity index (χ3v) is 4.36. The van der Waals surface area contributed by atoms with Crippen LogP contribution >= 0.6 is 39.1 Å². The van der Waals surface area contributed by atoms with Crippen molar-refractivity contribution in [3.05, 3.63) is 62.3 Å². The van der Waals surface area contributed by atoms with Crippen molar-refractivity contribution in [2.45, 2.75) is 18.2 Å².